The van der Waals surface area contributed by atoms with E-state index in [2.05, 4.69) is 0 Å². The third kappa shape index (κ3) is 3.77. The first kappa shape index (κ1) is 14.6. The van der Waals surface area contributed by atoms with Crippen molar-refractivity contribution in [3.05, 3.63) is 35.4 Å². The zero-order valence-corrected chi connectivity index (χ0v) is 10.7. The van der Waals surface area contributed by atoms with Gasteiger partial charge in [0.2, 0.25) is 0 Å². The first-order valence-electron chi connectivity index (χ1n) is 5.72. The van der Waals surface area contributed by atoms with Gasteiger partial charge in [0.25, 0.3) is 0 Å². The SMILES string of the molecule is CCOC(=O)CC(c1ccc(F)cc1F)N(C)C. The first-order valence-corrected chi connectivity index (χ1v) is 5.72. The minimum absolute atomic E-state index is 0.0311. The maximum atomic E-state index is 13.7. The van der Waals surface area contributed by atoms with Gasteiger partial charge in [0, 0.05) is 17.7 Å². The Balaban J connectivity index is 2.94. The van der Waals surface area contributed by atoms with Crippen LogP contribution in [-0.2, 0) is 9.53 Å². The Morgan fingerprint density at radius 3 is 2.56 bits per heavy atom. The molecule has 18 heavy (non-hydrogen) atoms. The lowest BCUT2D eigenvalue weighted by atomic mass is 10.0. The van der Waals surface area contributed by atoms with Crippen LogP contribution in [0.4, 0.5) is 8.78 Å². The molecule has 100 valence electrons. The lowest BCUT2D eigenvalue weighted by Gasteiger charge is -2.24. The summed E-state index contributed by atoms with van der Waals surface area (Å²) in [4.78, 5) is 13.2. The van der Waals surface area contributed by atoms with Crippen LogP contribution in [0.2, 0.25) is 0 Å². The summed E-state index contributed by atoms with van der Waals surface area (Å²) < 4.78 is 31.4. The molecule has 0 radical (unpaired) electrons. The number of esters is 1. The quantitative estimate of drug-likeness (QED) is 0.759. The van der Waals surface area contributed by atoms with Gasteiger partial charge in [-0.25, -0.2) is 8.78 Å². The summed E-state index contributed by atoms with van der Waals surface area (Å²) in [5.41, 5.74) is 0.287. The van der Waals surface area contributed by atoms with Crippen molar-refractivity contribution in [2.45, 2.75) is 19.4 Å². The molecule has 1 atom stereocenters. The summed E-state index contributed by atoms with van der Waals surface area (Å²) >= 11 is 0. The van der Waals surface area contributed by atoms with Crippen molar-refractivity contribution in [3.63, 3.8) is 0 Å². The van der Waals surface area contributed by atoms with Gasteiger partial charge in [-0.1, -0.05) is 6.07 Å². The Bertz CT molecular complexity index is 421. The topological polar surface area (TPSA) is 29.5 Å². The number of carbonyl (C=O) groups is 1. The Hall–Kier alpha value is -1.49. The predicted octanol–water partition coefficient (Wildman–Crippen LogP) is 2.52. The monoisotopic (exact) mass is 257 g/mol. The summed E-state index contributed by atoms with van der Waals surface area (Å²) in [7, 11) is 3.46. The van der Waals surface area contributed by atoms with Crippen LogP contribution in [-0.4, -0.2) is 31.6 Å². The molecule has 0 N–H and O–H groups in total. The lowest BCUT2D eigenvalue weighted by Crippen LogP contribution is -2.24. The minimum atomic E-state index is -0.655. The van der Waals surface area contributed by atoms with Crippen LogP contribution >= 0.6 is 0 Å². The Labute approximate surface area is 105 Å². The number of hydrogen-bond donors (Lipinski definition) is 0. The Morgan fingerprint density at radius 2 is 2.06 bits per heavy atom. The van der Waals surface area contributed by atoms with Crippen LogP contribution in [0.1, 0.15) is 24.9 Å². The van der Waals surface area contributed by atoms with Crippen LogP contribution < -0.4 is 0 Å². The van der Waals surface area contributed by atoms with Gasteiger partial charge in [0.1, 0.15) is 11.6 Å². The van der Waals surface area contributed by atoms with E-state index in [-0.39, 0.29) is 18.6 Å². The highest BCUT2D eigenvalue weighted by Gasteiger charge is 2.22. The molecule has 1 aromatic carbocycles. The smallest absolute Gasteiger partial charge is 0.307 e. The summed E-state index contributed by atoms with van der Waals surface area (Å²) in [6, 6.07) is 2.88. The minimum Gasteiger partial charge on any atom is -0.466 e. The number of nitrogens with zero attached hydrogens (tertiary/aromatic N) is 1. The molecule has 1 unspecified atom stereocenters. The molecule has 1 rings (SSSR count). The summed E-state index contributed by atoms with van der Waals surface area (Å²) in [5, 5.41) is 0. The number of rotatable bonds is 5. The highest BCUT2D eigenvalue weighted by Crippen LogP contribution is 2.25. The fourth-order valence-electron chi connectivity index (χ4n) is 1.72. The zero-order valence-electron chi connectivity index (χ0n) is 10.7. The van der Waals surface area contributed by atoms with Gasteiger partial charge in [-0.2, -0.15) is 0 Å². The van der Waals surface area contributed by atoms with Gasteiger partial charge >= 0.3 is 5.97 Å². The van der Waals surface area contributed by atoms with Crippen LogP contribution in [0.5, 0.6) is 0 Å². The van der Waals surface area contributed by atoms with Gasteiger partial charge in [-0.3, -0.25) is 4.79 Å². The van der Waals surface area contributed by atoms with Crippen LogP contribution in [0, 0.1) is 11.6 Å². The molecule has 0 saturated heterocycles. The average molecular weight is 257 g/mol. The molecule has 0 fully saturated rings. The fourth-order valence-corrected chi connectivity index (χ4v) is 1.72. The molecule has 1 aromatic rings. The fraction of sp³-hybridized carbons (Fsp3) is 0.462. The molecule has 3 nitrogen and oxygen atoms in total. The Kier molecular flexibility index (Phi) is 5.22. The molecule has 5 heteroatoms. The van der Waals surface area contributed by atoms with Crippen molar-refractivity contribution in [2.24, 2.45) is 0 Å². The largest absolute Gasteiger partial charge is 0.466 e. The summed E-state index contributed by atoms with van der Waals surface area (Å²) in [6.07, 6.45) is 0.0311. The molecule has 0 aromatic heterocycles. The molecule has 0 spiro atoms. The summed E-state index contributed by atoms with van der Waals surface area (Å²) in [6.45, 7) is 1.99. The summed E-state index contributed by atoms with van der Waals surface area (Å²) in [5.74, 6) is -1.69. The van der Waals surface area contributed by atoms with Crippen molar-refractivity contribution in [2.75, 3.05) is 20.7 Å². The van der Waals surface area contributed by atoms with Gasteiger partial charge in [-0.05, 0) is 27.1 Å². The normalized spacial score (nSPS) is 12.6. The van der Waals surface area contributed by atoms with E-state index in [1.54, 1.807) is 25.9 Å². The maximum Gasteiger partial charge on any atom is 0.307 e. The second kappa shape index (κ2) is 6.44. The molecule has 0 amide bonds. The van der Waals surface area contributed by atoms with Gasteiger partial charge in [0.15, 0.2) is 0 Å². The van der Waals surface area contributed by atoms with Gasteiger partial charge < -0.3 is 9.64 Å². The molecule has 0 bridgehead atoms. The van der Waals surface area contributed by atoms with Crippen molar-refractivity contribution < 1.29 is 18.3 Å². The third-order valence-corrected chi connectivity index (χ3v) is 2.61. The van der Waals surface area contributed by atoms with E-state index in [0.29, 0.717) is 0 Å². The van der Waals surface area contributed by atoms with E-state index < -0.39 is 23.6 Å². The molecular weight excluding hydrogens is 240 g/mol. The number of carbonyl (C=O) groups excluding carboxylic acids is 1. The van der Waals surface area contributed by atoms with E-state index in [9.17, 15) is 13.6 Å². The van der Waals surface area contributed by atoms with Crippen molar-refractivity contribution in [1.82, 2.24) is 4.90 Å². The zero-order chi connectivity index (χ0) is 13.7. The van der Waals surface area contributed by atoms with Crippen LogP contribution in [0.25, 0.3) is 0 Å². The number of ether oxygens (including phenoxy) is 1. The number of halogens is 2. The highest BCUT2D eigenvalue weighted by atomic mass is 19.1. The van der Waals surface area contributed by atoms with Gasteiger partial charge in [0.05, 0.1) is 13.0 Å². The van der Waals surface area contributed by atoms with E-state index in [4.69, 9.17) is 4.74 Å². The molecule has 0 aliphatic carbocycles. The number of benzene rings is 1. The standard InChI is InChI=1S/C13H17F2NO2/c1-4-18-13(17)8-12(16(2)3)10-6-5-9(14)7-11(10)15/h5-7,12H,4,8H2,1-3H3. The molecule has 0 aliphatic rings. The molecule has 0 aliphatic heterocycles. The van der Waals surface area contributed by atoms with E-state index in [0.717, 1.165) is 6.07 Å². The van der Waals surface area contributed by atoms with E-state index in [1.165, 1.54) is 12.1 Å². The molecule has 0 heterocycles. The van der Waals surface area contributed by atoms with Crippen molar-refractivity contribution in [1.29, 1.82) is 0 Å². The lowest BCUT2D eigenvalue weighted by molar-refractivity contribution is -0.144. The Morgan fingerprint density at radius 1 is 1.39 bits per heavy atom. The molecular formula is C13H17F2NO2. The maximum absolute atomic E-state index is 13.7. The first-order chi connectivity index (χ1) is 8.45. The second-order valence-electron chi connectivity index (χ2n) is 4.15. The second-order valence-corrected chi connectivity index (χ2v) is 4.15. The third-order valence-electron chi connectivity index (χ3n) is 2.61. The van der Waals surface area contributed by atoms with E-state index >= 15 is 0 Å². The van der Waals surface area contributed by atoms with Crippen LogP contribution in [0.3, 0.4) is 0 Å². The molecule has 0 saturated carbocycles. The van der Waals surface area contributed by atoms with Gasteiger partial charge in [-0.15, -0.1) is 0 Å². The predicted molar refractivity (Wildman–Crippen MR) is 64.0 cm³/mol. The van der Waals surface area contributed by atoms with Crippen molar-refractivity contribution >= 4 is 5.97 Å². The number of hydrogen-bond acceptors (Lipinski definition) is 3. The average Bonchev–Trinajstić information content (AvgIpc) is 2.27. The van der Waals surface area contributed by atoms with Crippen molar-refractivity contribution in [3.8, 4) is 0 Å². The van der Waals surface area contributed by atoms with Crippen LogP contribution in [0.15, 0.2) is 18.2 Å². The van der Waals surface area contributed by atoms with E-state index in [1.807, 2.05) is 0 Å². The highest BCUT2D eigenvalue weighted by molar-refractivity contribution is 5.70.